The highest BCUT2D eigenvalue weighted by Crippen LogP contribution is 2.17. The van der Waals surface area contributed by atoms with Crippen molar-refractivity contribution in [1.29, 1.82) is 0 Å². The lowest BCUT2D eigenvalue weighted by molar-refractivity contribution is 0.228. The summed E-state index contributed by atoms with van der Waals surface area (Å²) in [6.45, 7) is 5.19. The first-order chi connectivity index (χ1) is 7.92. The molecule has 5 heteroatoms. The Morgan fingerprint density at radius 2 is 2.25 bits per heavy atom. The number of nitrogens with zero attached hydrogens (tertiary/aromatic N) is 3. The van der Waals surface area contributed by atoms with Gasteiger partial charge in [-0.3, -0.25) is 4.90 Å². The van der Waals surface area contributed by atoms with Crippen molar-refractivity contribution in [3.8, 4) is 0 Å². The number of fused-ring (bicyclic) bond motifs is 1. The van der Waals surface area contributed by atoms with Crippen LogP contribution < -0.4 is 5.32 Å². The van der Waals surface area contributed by atoms with E-state index in [1.807, 2.05) is 6.20 Å². The van der Waals surface area contributed by atoms with E-state index < -0.39 is 0 Å². The van der Waals surface area contributed by atoms with Crippen LogP contribution in [0.1, 0.15) is 5.82 Å². The van der Waals surface area contributed by atoms with Gasteiger partial charge in [0.15, 0.2) is 0 Å². The Labute approximate surface area is 98.3 Å². The number of nitrogens with one attached hydrogen (secondary N) is 1. The number of hydrogen-bond donors (Lipinski definition) is 1. The van der Waals surface area contributed by atoms with Crippen molar-refractivity contribution < 1.29 is 0 Å². The molecule has 1 N–H and O–H groups in total. The van der Waals surface area contributed by atoms with Gasteiger partial charge in [-0.05, 0) is 11.4 Å². The van der Waals surface area contributed by atoms with Crippen LogP contribution in [0.25, 0.3) is 10.2 Å². The third-order valence-electron chi connectivity index (χ3n) is 2.83. The minimum Gasteiger partial charge on any atom is -0.314 e. The standard InChI is InChI=1S/C11H14N4S/c1-6-16-10-7-13-11(14-9(1)10)8-15-4-2-12-3-5-15/h1,6-7,12H,2-5,8H2. The molecular formula is C11H14N4S. The van der Waals surface area contributed by atoms with Gasteiger partial charge in [-0.25, -0.2) is 9.97 Å². The molecule has 0 unspecified atom stereocenters. The van der Waals surface area contributed by atoms with Crippen LogP contribution in [0.3, 0.4) is 0 Å². The second kappa shape index (κ2) is 4.45. The van der Waals surface area contributed by atoms with E-state index in [1.54, 1.807) is 11.3 Å². The number of hydrogen-bond acceptors (Lipinski definition) is 5. The molecule has 0 spiro atoms. The quantitative estimate of drug-likeness (QED) is 0.844. The molecule has 0 aliphatic carbocycles. The van der Waals surface area contributed by atoms with Crippen LogP contribution in [0, 0.1) is 0 Å². The fourth-order valence-corrected chi connectivity index (χ4v) is 2.64. The fourth-order valence-electron chi connectivity index (χ4n) is 1.95. The average Bonchev–Trinajstić information content (AvgIpc) is 2.77. The van der Waals surface area contributed by atoms with Crippen LogP contribution in [-0.4, -0.2) is 41.0 Å². The van der Waals surface area contributed by atoms with E-state index in [2.05, 4.69) is 31.6 Å². The highest BCUT2D eigenvalue weighted by atomic mass is 32.1. The lowest BCUT2D eigenvalue weighted by atomic mass is 10.3. The number of thiophene rings is 1. The minimum atomic E-state index is 0.869. The third kappa shape index (κ3) is 2.07. The van der Waals surface area contributed by atoms with E-state index in [-0.39, 0.29) is 0 Å². The predicted molar refractivity (Wildman–Crippen MR) is 65.6 cm³/mol. The van der Waals surface area contributed by atoms with Crippen molar-refractivity contribution in [3.05, 3.63) is 23.5 Å². The molecule has 3 heterocycles. The second-order valence-electron chi connectivity index (χ2n) is 3.98. The van der Waals surface area contributed by atoms with Crippen molar-refractivity contribution in [2.75, 3.05) is 26.2 Å². The zero-order valence-corrected chi connectivity index (χ0v) is 9.83. The maximum atomic E-state index is 4.57. The highest BCUT2D eigenvalue weighted by molar-refractivity contribution is 7.17. The molecule has 2 aromatic heterocycles. The molecule has 1 aliphatic rings. The van der Waals surface area contributed by atoms with Gasteiger partial charge in [-0.1, -0.05) is 0 Å². The number of rotatable bonds is 2. The summed E-state index contributed by atoms with van der Waals surface area (Å²) in [5.41, 5.74) is 1.07. The van der Waals surface area contributed by atoms with Crippen LogP contribution in [-0.2, 0) is 6.54 Å². The van der Waals surface area contributed by atoms with Crippen molar-refractivity contribution >= 4 is 21.6 Å². The molecule has 1 fully saturated rings. The monoisotopic (exact) mass is 234 g/mol. The Morgan fingerprint density at radius 3 is 3.12 bits per heavy atom. The van der Waals surface area contributed by atoms with Crippen molar-refractivity contribution in [3.63, 3.8) is 0 Å². The smallest absolute Gasteiger partial charge is 0.143 e. The Balaban J connectivity index is 1.77. The van der Waals surface area contributed by atoms with Gasteiger partial charge in [0, 0.05) is 32.4 Å². The molecule has 4 nitrogen and oxygen atoms in total. The van der Waals surface area contributed by atoms with Crippen molar-refractivity contribution in [2.45, 2.75) is 6.54 Å². The van der Waals surface area contributed by atoms with Crippen LogP contribution in [0.4, 0.5) is 0 Å². The van der Waals surface area contributed by atoms with Crippen molar-refractivity contribution in [2.24, 2.45) is 0 Å². The van der Waals surface area contributed by atoms with E-state index in [4.69, 9.17) is 0 Å². The summed E-state index contributed by atoms with van der Waals surface area (Å²) in [7, 11) is 0. The highest BCUT2D eigenvalue weighted by Gasteiger charge is 2.11. The molecule has 0 radical (unpaired) electrons. The molecule has 0 aromatic carbocycles. The fraction of sp³-hybridized carbons (Fsp3) is 0.455. The molecule has 3 rings (SSSR count). The first-order valence-electron chi connectivity index (χ1n) is 5.54. The summed E-state index contributed by atoms with van der Waals surface area (Å²) in [6.07, 6.45) is 1.94. The molecule has 0 atom stereocenters. The number of piperazine rings is 1. The molecule has 16 heavy (non-hydrogen) atoms. The first kappa shape index (κ1) is 10.1. The third-order valence-corrected chi connectivity index (χ3v) is 3.67. The van der Waals surface area contributed by atoms with E-state index >= 15 is 0 Å². The van der Waals surface area contributed by atoms with Gasteiger partial charge in [-0.2, -0.15) is 0 Å². The normalized spacial score (nSPS) is 18.0. The Kier molecular flexibility index (Phi) is 2.82. The van der Waals surface area contributed by atoms with Gasteiger partial charge in [0.25, 0.3) is 0 Å². The lowest BCUT2D eigenvalue weighted by Gasteiger charge is -2.26. The first-order valence-corrected chi connectivity index (χ1v) is 6.42. The van der Waals surface area contributed by atoms with Gasteiger partial charge in [0.1, 0.15) is 5.82 Å². The van der Waals surface area contributed by atoms with Crippen LogP contribution in [0.2, 0.25) is 0 Å². The van der Waals surface area contributed by atoms with Gasteiger partial charge < -0.3 is 5.32 Å². The molecule has 84 valence electrons. The minimum absolute atomic E-state index is 0.869. The van der Waals surface area contributed by atoms with Gasteiger partial charge >= 0.3 is 0 Å². The average molecular weight is 234 g/mol. The van der Waals surface area contributed by atoms with Gasteiger partial charge in [0.2, 0.25) is 0 Å². The summed E-state index contributed by atoms with van der Waals surface area (Å²) in [5, 5.41) is 5.41. The van der Waals surface area contributed by atoms with E-state index in [0.29, 0.717) is 0 Å². The maximum Gasteiger partial charge on any atom is 0.143 e. The SMILES string of the molecule is c1cc2nc(CN3CCNCC3)ncc2s1. The maximum absolute atomic E-state index is 4.57. The Hall–Kier alpha value is -1.04. The van der Waals surface area contributed by atoms with Crippen LogP contribution in [0.5, 0.6) is 0 Å². The summed E-state index contributed by atoms with van der Waals surface area (Å²) in [6, 6.07) is 2.06. The Bertz CT molecular complexity index is 476. The summed E-state index contributed by atoms with van der Waals surface area (Å²) < 4.78 is 1.17. The largest absolute Gasteiger partial charge is 0.314 e. The topological polar surface area (TPSA) is 41.1 Å². The van der Waals surface area contributed by atoms with E-state index in [9.17, 15) is 0 Å². The molecule has 2 aromatic rings. The molecule has 1 aliphatic heterocycles. The lowest BCUT2D eigenvalue weighted by Crippen LogP contribution is -2.43. The van der Waals surface area contributed by atoms with Crippen LogP contribution in [0.15, 0.2) is 17.6 Å². The molecule has 0 bridgehead atoms. The van der Waals surface area contributed by atoms with Crippen molar-refractivity contribution in [1.82, 2.24) is 20.2 Å². The summed E-state index contributed by atoms with van der Waals surface area (Å²) in [4.78, 5) is 11.4. The summed E-state index contributed by atoms with van der Waals surface area (Å²) >= 11 is 1.69. The van der Waals surface area contributed by atoms with E-state index in [0.717, 1.165) is 44.1 Å². The van der Waals surface area contributed by atoms with Gasteiger partial charge in [-0.15, -0.1) is 11.3 Å². The molecular weight excluding hydrogens is 220 g/mol. The van der Waals surface area contributed by atoms with Crippen LogP contribution >= 0.6 is 11.3 Å². The molecule has 1 saturated heterocycles. The summed E-state index contributed by atoms with van der Waals surface area (Å²) in [5.74, 6) is 0.938. The number of aromatic nitrogens is 2. The Morgan fingerprint density at radius 1 is 1.38 bits per heavy atom. The predicted octanol–water partition coefficient (Wildman–Crippen LogP) is 1.10. The molecule has 0 amide bonds. The zero-order chi connectivity index (χ0) is 10.8. The van der Waals surface area contributed by atoms with Gasteiger partial charge in [0.05, 0.1) is 16.8 Å². The zero-order valence-electron chi connectivity index (χ0n) is 9.02. The van der Waals surface area contributed by atoms with E-state index in [1.165, 1.54) is 4.70 Å². The molecule has 0 saturated carbocycles. The second-order valence-corrected chi connectivity index (χ2v) is 4.93.